The Morgan fingerprint density at radius 1 is 0.353 bits per heavy atom. The molecule has 0 saturated carbocycles. The number of thiophene rings is 2. The summed E-state index contributed by atoms with van der Waals surface area (Å²) in [4.78, 5) is 15.2. The molecule has 0 saturated heterocycles. The van der Waals surface area contributed by atoms with E-state index in [2.05, 4.69) is 109 Å². The Kier molecular flexibility index (Phi) is 6.26. The molecular weight excluding hydrogens is 663 g/mol. The molecule has 0 aliphatic heterocycles. The van der Waals surface area contributed by atoms with Crippen LogP contribution in [-0.4, -0.2) is 15.0 Å². The van der Waals surface area contributed by atoms with E-state index in [4.69, 9.17) is 19.4 Å². The van der Waals surface area contributed by atoms with Crippen LogP contribution in [0, 0.1) is 0 Å². The van der Waals surface area contributed by atoms with Gasteiger partial charge in [0.1, 0.15) is 11.2 Å². The zero-order chi connectivity index (χ0) is 33.5. The van der Waals surface area contributed by atoms with Crippen molar-refractivity contribution >= 4 is 85.0 Å². The van der Waals surface area contributed by atoms with Crippen LogP contribution in [0.2, 0.25) is 0 Å². The first-order valence-corrected chi connectivity index (χ1v) is 18.5. The maximum absolute atomic E-state index is 6.37. The summed E-state index contributed by atoms with van der Waals surface area (Å²) in [5.74, 6) is 1.91. The van der Waals surface area contributed by atoms with E-state index in [0.29, 0.717) is 17.5 Å². The Morgan fingerprint density at radius 3 is 1.67 bits per heavy atom. The van der Waals surface area contributed by atoms with Gasteiger partial charge in [0.25, 0.3) is 0 Å². The van der Waals surface area contributed by atoms with Crippen molar-refractivity contribution in [2.45, 2.75) is 0 Å². The van der Waals surface area contributed by atoms with Crippen LogP contribution in [-0.2, 0) is 0 Å². The summed E-state index contributed by atoms with van der Waals surface area (Å²) < 4.78 is 11.5. The minimum absolute atomic E-state index is 0.623. The molecule has 11 aromatic rings. The second kappa shape index (κ2) is 11.2. The maximum atomic E-state index is 6.37. The molecule has 0 atom stereocenters. The molecule has 11 rings (SSSR count). The van der Waals surface area contributed by atoms with E-state index >= 15 is 0 Å². The maximum Gasteiger partial charge on any atom is 0.164 e. The highest BCUT2D eigenvalue weighted by Crippen LogP contribution is 2.42. The normalized spacial score (nSPS) is 11.9. The number of hydrogen-bond donors (Lipinski definition) is 0. The number of rotatable bonds is 4. The van der Waals surface area contributed by atoms with Gasteiger partial charge in [-0.1, -0.05) is 103 Å². The summed E-state index contributed by atoms with van der Waals surface area (Å²) in [5.41, 5.74) is 6.90. The van der Waals surface area contributed by atoms with Gasteiger partial charge in [0.15, 0.2) is 17.5 Å². The minimum Gasteiger partial charge on any atom is -0.456 e. The Labute approximate surface area is 299 Å². The molecule has 4 nitrogen and oxygen atoms in total. The van der Waals surface area contributed by atoms with Gasteiger partial charge in [-0.05, 0) is 59.7 Å². The van der Waals surface area contributed by atoms with Crippen LogP contribution in [0.25, 0.3) is 108 Å². The Hall–Kier alpha value is -6.21. The molecule has 4 aromatic heterocycles. The van der Waals surface area contributed by atoms with Crippen LogP contribution < -0.4 is 0 Å². The molecule has 6 heteroatoms. The smallest absolute Gasteiger partial charge is 0.164 e. The third kappa shape index (κ3) is 4.61. The lowest BCUT2D eigenvalue weighted by Gasteiger charge is -2.09. The minimum atomic E-state index is 0.623. The van der Waals surface area contributed by atoms with Crippen LogP contribution in [0.1, 0.15) is 0 Å². The summed E-state index contributed by atoms with van der Waals surface area (Å²) >= 11 is 3.64. The number of benzene rings is 7. The fourth-order valence-corrected chi connectivity index (χ4v) is 9.66. The zero-order valence-electron chi connectivity index (χ0n) is 27.0. The van der Waals surface area contributed by atoms with E-state index in [1.807, 2.05) is 53.8 Å². The molecule has 7 aromatic carbocycles. The van der Waals surface area contributed by atoms with Gasteiger partial charge in [-0.3, -0.25) is 0 Å². The summed E-state index contributed by atoms with van der Waals surface area (Å²) in [6, 6.07) is 53.2. The van der Waals surface area contributed by atoms with Crippen molar-refractivity contribution in [2.75, 3.05) is 0 Å². The Morgan fingerprint density at radius 2 is 0.902 bits per heavy atom. The summed E-state index contributed by atoms with van der Waals surface area (Å²) in [6.45, 7) is 0. The van der Waals surface area contributed by atoms with E-state index in [1.165, 1.54) is 51.5 Å². The highest BCUT2D eigenvalue weighted by Gasteiger charge is 2.17. The molecule has 0 radical (unpaired) electrons. The number of fused-ring (bicyclic) bond motifs is 9. The topological polar surface area (TPSA) is 51.8 Å². The van der Waals surface area contributed by atoms with Gasteiger partial charge in [-0.15, -0.1) is 22.7 Å². The lowest BCUT2D eigenvalue weighted by atomic mass is 10.00. The van der Waals surface area contributed by atoms with E-state index in [-0.39, 0.29) is 0 Å². The molecule has 0 unspecified atom stereocenters. The lowest BCUT2D eigenvalue weighted by molar-refractivity contribution is 0.669. The van der Waals surface area contributed by atoms with E-state index in [1.54, 1.807) is 11.3 Å². The number of nitrogens with zero attached hydrogens (tertiary/aromatic N) is 3. The average molecular weight is 688 g/mol. The number of furan rings is 1. The first kappa shape index (κ1) is 28.6. The third-order valence-corrected chi connectivity index (χ3v) is 12.1. The first-order valence-electron chi connectivity index (χ1n) is 16.8. The molecule has 0 spiro atoms. The van der Waals surface area contributed by atoms with Gasteiger partial charge in [0.05, 0.1) is 0 Å². The fourth-order valence-electron chi connectivity index (χ4n) is 7.27. The summed E-state index contributed by atoms with van der Waals surface area (Å²) in [5, 5.41) is 7.21. The van der Waals surface area contributed by atoms with Crippen molar-refractivity contribution in [3.63, 3.8) is 0 Å². The van der Waals surface area contributed by atoms with E-state index < -0.39 is 0 Å². The molecule has 0 aliphatic carbocycles. The van der Waals surface area contributed by atoms with Crippen molar-refractivity contribution in [2.24, 2.45) is 0 Å². The van der Waals surface area contributed by atoms with Gasteiger partial charge in [-0.25, -0.2) is 15.0 Å². The monoisotopic (exact) mass is 687 g/mol. The molecule has 0 fully saturated rings. The van der Waals surface area contributed by atoms with Gasteiger partial charge in [0, 0.05) is 67.8 Å². The zero-order valence-corrected chi connectivity index (χ0v) is 28.6. The standard InChI is InChI=1S/C45H25N3OS2/c1-2-9-26(10-3-1)43-46-44(48-45(47-43)29-17-20-33-31-11-4-6-15-39(31)50-41(33)25-29)28-19-22-38-36(24-28)35-23-27(18-21-37(35)49-38)30-13-8-14-34-32-12-5-7-16-40(32)51-42(30)34/h1-25H. The third-order valence-electron chi connectivity index (χ3n) is 9.75. The van der Waals surface area contributed by atoms with Gasteiger partial charge in [0.2, 0.25) is 0 Å². The summed E-state index contributed by atoms with van der Waals surface area (Å²) in [6.07, 6.45) is 0. The van der Waals surface area contributed by atoms with E-state index in [0.717, 1.165) is 38.6 Å². The van der Waals surface area contributed by atoms with Crippen LogP contribution in [0.5, 0.6) is 0 Å². The second-order valence-corrected chi connectivity index (χ2v) is 14.9. The summed E-state index contributed by atoms with van der Waals surface area (Å²) in [7, 11) is 0. The predicted molar refractivity (Wildman–Crippen MR) is 215 cm³/mol. The molecule has 0 bridgehead atoms. The molecule has 0 aliphatic rings. The number of aromatic nitrogens is 3. The van der Waals surface area contributed by atoms with Crippen LogP contribution in [0.3, 0.4) is 0 Å². The second-order valence-electron chi connectivity index (χ2n) is 12.8. The van der Waals surface area contributed by atoms with Crippen LogP contribution in [0.4, 0.5) is 0 Å². The first-order chi connectivity index (χ1) is 25.2. The fraction of sp³-hybridized carbons (Fsp3) is 0. The van der Waals surface area contributed by atoms with Crippen molar-refractivity contribution in [1.82, 2.24) is 15.0 Å². The molecule has 238 valence electrons. The van der Waals surface area contributed by atoms with Crippen molar-refractivity contribution in [3.05, 3.63) is 152 Å². The average Bonchev–Trinajstić information content (AvgIpc) is 3.88. The largest absolute Gasteiger partial charge is 0.456 e. The molecule has 0 amide bonds. The highest BCUT2D eigenvalue weighted by atomic mass is 32.1. The number of hydrogen-bond acceptors (Lipinski definition) is 6. The van der Waals surface area contributed by atoms with Crippen LogP contribution >= 0.6 is 22.7 Å². The Balaban J connectivity index is 1.07. The molecule has 4 heterocycles. The van der Waals surface area contributed by atoms with E-state index in [9.17, 15) is 0 Å². The SMILES string of the molecule is c1ccc(-c2nc(-c3ccc4c(c3)sc3ccccc34)nc(-c3ccc4oc5ccc(-c6cccc7c6sc6ccccc67)cc5c4c3)n2)cc1. The quantitative estimate of drug-likeness (QED) is 0.185. The van der Waals surface area contributed by atoms with Gasteiger partial charge >= 0.3 is 0 Å². The van der Waals surface area contributed by atoms with Gasteiger partial charge < -0.3 is 4.42 Å². The lowest BCUT2D eigenvalue weighted by Crippen LogP contribution is -2.00. The van der Waals surface area contributed by atoms with Crippen molar-refractivity contribution in [1.29, 1.82) is 0 Å². The van der Waals surface area contributed by atoms with Crippen LogP contribution in [0.15, 0.2) is 156 Å². The van der Waals surface area contributed by atoms with Crippen molar-refractivity contribution in [3.8, 4) is 45.3 Å². The molecule has 0 N–H and O–H groups in total. The van der Waals surface area contributed by atoms with Gasteiger partial charge in [-0.2, -0.15) is 0 Å². The van der Waals surface area contributed by atoms with Crippen molar-refractivity contribution < 1.29 is 4.42 Å². The highest BCUT2D eigenvalue weighted by molar-refractivity contribution is 7.26. The Bertz CT molecular complexity index is 3160. The predicted octanol–water partition coefficient (Wildman–Crippen LogP) is 13.2. The molecule has 51 heavy (non-hydrogen) atoms. The molecular formula is C45H25N3OS2.